The molecule has 1 saturated heterocycles. The summed E-state index contributed by atoms with van der Waals surface area (Å²) in [6.45, 7) is 3.66. The number of pyridine rings is 1. The van der Waals surface area contributed by atoms with Crippen molar-refractivity contribution in [3.8, 4) is 5.75 Å². The molecule has 2 aromatic rings. The van der Waals surface area contributed by atoms with E-state index >= 15 is 0 Å². The van der Waals surface area contributed by atoms with Gasteiger partial charge < -0.3 is 24.7 Å². The van der Waals surface area contributed by atoms with Gasteiger partial charge in [-0.05, 0) is 33.2 Å². The van der Waals surface area contributed by atoms with Crippen LogP contribution < -0.4 is 10.7 Å². The van der Waals surface area contributed by atoms with Crippen LogP contribution in [-0.2, 0) is 11.4 Å². The highest BCUT2D eigenvalue weighted by Gasteiger charge is 2.50. The summed E-state index contributed by atoms with van der Waals surface area (Å²) >= 11 is 0. The van der Waals surface area contributed by atoms with Crippen molar-refractivity contribution in [3.63, 3.8) is 0 Å². The molecule has 0 bridgehead atoms. The Morgan fingerprint density at radius 1 is 1.32 bits per heavy atom. The van der Waals surface area contributed by atoms with Gasteiger partial charge in [-0.15, -0.1) is 0 Å². The zero-order valence-corrected chi connectivity index (χ0v) is 21.3. The molecule has 1 aromatic heterocycles. The molecular formula is C26H29F3N4O5. The minimum atomic E-state index is -1.21. The minimum Gasteiger partial charge on any atom is -0.503 e. The van der Waals surface area contributed by atoms with Crippen molar-refractivity contribution in [1.29, 1.82) is 0 Å². The Hall–Kier alpha value is -3.67. The third-order valence-electron chi connectivity index (χ3n) is 7.55. The van der Waals surface area contributed by atoms with Gasteiger partial charge in [0, 0.05) is 49.4 Å². The summed E-state index contributed by atoms with van der Waals surface area (Å²) in [4.78, 5) is 46.0. The molecule has 2 N–H and O–H groups in total. The first-order chi connectivity index (χ1) is 18.0. The second-order valence-electron chi connectivity index (χ2n) is 9.85. The molecule has 3 heterocycles. The van der Waals surface area contributed by atoms with Gasteiger partial charge in [-0.2, -0.15) is 0 Å². The lowest BCUT2D eigenvalue weighted by atomic mass is 9.84. The van der Waals surface area contributed by atoms with Crippen LogP contribution in [0.15, 0.2) is 28.3 Å². The van der Waals surface area contributed by atoms with Crippen molar-refractivity contribution in [1.82, 2.24) is 14.8 Å². The van der Waals surface area contributed by atoms with E-state index in [0.29, 0.717) is 44.2 Å². The van der Waals surface area contributed by atoms with Gasteiger partial charge in [-0.1, -0.05) is 12.1 Å². The number of likely N-dealkylation sites (N-methyl/N-ethyl adjacent to an activating group) is 1. The second-order valence-corrected chi connectivity index (χ2v) is 9.85. The Kier molecular flexibility index (Phi) is 7.63. The molecule has 0 radical (unpaired) electrons. The number of nitrogens with zero attached hydrogens (tertiary/aromatic N) is 3. The van der Waals surface area contributed by atoms with Crippen LogP contribution in [0.2, 0.25) is 0 Å². The Labute approximate surface area is 216 Å². The fourth-order valence-corrected chi connectivity index (χ4v) is 5.04. The topological polar surface area (TPSA) is 113 Å². The zero-order valence-electron chi connectivity index (χ0n) is 21.3. The van der Waals surface area contributed by atoms with Gasteiger partial charge in [0.15, 0.2) is 17.6 Å². The first-order valence-electron chi connectivity index (χ1n) is 12.3. The number of likely N-dealkylation sites (tertiary alicyclic amines) is 1. The lowest BCUT2D eigenvalue weighted by Gasteiger charge is -2.37. The van der Waals surface area contributed by atoms with Crippen molar-refractivity contribution in [2.45, 2.75) is 63.8 Å². The molecule has 9 nitrogen and oxygen atoms in total. The molecule has 0 aliphatic carbocycles. The summed E-state index contributed by atoms with van der Waals surface area (Å²) in [5.74, 6) is -5.50. The van der Waals surface area contributed by atoms with E-state index in [1.165, 1.54) is 4.57 Å². The van der Waals surface area contributed by atoms with E-state index in [2.05, 4.69) is 15.4 Å². The molecule has 3 atom stereocenters. The zero-order chi connectivity index (χ0) is 27.8. The molecule has 4 rings (SSSR count). The monoisotopic (exact) mass is 534 g/mol. The molecule has 38 heavy (non-hydrogen) atoms. The van der Waals surface area contributed by atoms with E-state index in [0.717, 1.165) is 18.3 Å². The van der Waals surface area contributed by atoms with Crippen LogP contribution in [0.4, 0.5) is 13.2 Å². The Morgan fingerprint density at radius 3 is 2.61 bits per heavy atom. The van der Waals surface area contributed by atoms with Crippen LogP contribution in [0, 0.1) is 17.5 Å². The molecule has 3 unspecified atom stereocenters. The largest absolute Gasteiger partial charge is 0.503 e. The standard InChI is InChI=1S/C26H29F3N4O5/c1-4-16-9-26(38-31-16)6-5-14(2)32(3)12-22(26)33-11-18(23(35)24(36)21(33)13-34)25(37)30-10-17-19(28)7-15(27)8-20(17)29/h7-8,11,13-14,22,36H,4-6,9-10,12H2,1-3H3,(H,30,37). The molecule has 1 aromatic carbocycles. The Morgan fingerprint density at radius 2 is 2.00 bits per heavy atom. The predicted octanol–water partition coefficient (Wildman–Crippen LogP) is 3.29. The number of aromatic hydroxyl groups is 1. The maximum absolute atomic E-state index is 14.0. The maximum atomic E-state index is 14.0. The molecule has 2 aliphatic heterocycles. The number of aldehydes is 1. The van der Waals surface area contributed by atoms with Gasteiger partial charge in [0.25, 0.3) is 5.91 Å². The average molecular weight is 535 g/mol. The van der Waals surface area contributed by atoms with Gasteiger partial charge in [0.2, 0.25) is 5.43 Å². The van der Waals surface area contributed by atoms with E-state index in [9.17, 15) is 32.7 Å². The quantitative estimate of drug-likeness (QED) is 0.550. The maximum Gasteiger partial charge on any atom is 0.257 e. The number of carbonyl (C=O) groups is 2. The van der Waals surface area contributed by atoms with E-state index in [1.54, 1.807) is 0 Å². The third kappa shape index (κ3) is 4.92. The van der Waals surface area contributed by atoms with E-state index in [4.69, 9.17) is 4.84 Å². The van der Waals surface area contributed by atoms with E-state index in [1.807, 2.05) is 20.9 Å². The molecule has 1 fully saturated rings. The molecule has 2 aliphatic rings. The van der Waals surface area contributed by atoms with Crippen molar-refractivity contribution >= 4 is 17.9 Å². The van der Waals surface area contributed by atoms with Gasteiger partial charge >= 0.3 is 0 Å². The summed E-state index contributed by atoms with van der Waals surface area (Å²) < 4.78 is 42.7. The number of oxime groups is 1. The van der Waals surface area contributed by atoms with Crippen LogP contribution >= 0.6 is 0 Å². The fourth-order valence-electron chi connectivity index (χ4n) is 5.04. The van der Waals surface area contributed by atoms with Crippen LogP contribution in [0.3, 0.4) is 0 Å². The average Bonchev–Trinajstić information content (AvgIpc) is 3.26. The van der Waals surface area contributed by atoms with E-state index in [-0.39, 0.29) is 11.7 Å². The summed E-state index contributed by atoms with van der Waals surface area (Å²) in [7, 11) is 1.90. The number of hydrogen-bond acceptors (Lipinski definition) is 7. The third-order valence-corrected chi connectivity index (χ3v) is 7.55. The summed E-state index contributed by atoms with van der Waals surface area (Å²) in [5.41, 5.74) is -2.66. The number of nitrogens with one attached hydrogen (secondary N) is 1. The second kappa shape index (κ2) is 10.6. The van der Waals surface area contributed by atoms with Crippen molar-refractivity contribution in [3.05, 3.63) is 62.8 Å². The highest BCUT2D eigenvalue weighted by molar-refractivity contribution is 5.95. The Bertz CT molecular complexity index is 1340. The van der Waals surface area contributed by atoms with E-state index < -0.39 is 63.9 Å². The van der Waals surface area contributed by atoms with Crippen molar-refractivity contribution in [2.24, 2.45) is 5.16 Å². The van der Waals surface area contributed by atoms with Gasteiger partial charge in [0.1, 0.15) is 28.7 Å². The van der Waals surface area contributed by atoms with Gasteiger partial charge in [-0.25, -0.2) is 13.2 Å². The molecule has 1 spiro atoms. The molecule has 204 valence electrons. The number of aromatic nitrogens is 1. The number of halogens is 3. The molecule has 0 saturated carbocycles. The van der Waals surface area contributed by atoms with Crippen molar-refractivity contribution in [2.75, 3.05) is 13.6 Å². The Balaban J connectivity index is 1.76. The van der Waals surface area contributed by atoms with Crippen LogP contribution in [0.5, 0.6) is 5.75 Å². The predicted molar refractivity (Wildman–Crippen MR) is 132 cm³/mol. The number of hydrogen-bond donors (Lipinski definition) is 2. The smallest absolute Gasteiger partial charge is 0.257 e. The molecular weight excluding hydrogens is 505 g/mol. The molecule has 12 heteroatoms. The lowest BCUT2D eigenvalue weighted by molar-refractivity contribution is -0.0631. The van der Waals surface area contributed by atoms with Crippen LogP contribution in [0.1, 0.15) is 72.0 Å². The molecule has 1 amide bonds. The lowest BCUT2D eigenvalue weighted by Crippen LogP contribution is -2.45. The van der Waals surface area contributed by atoms with Gasteiger partial charge in [0.05, 0.1) is 11.8 Å². The van der Waals surface area contributed by atoms with Crippen LogP contribution in [-0.4, -0.2) is 57.7 Å². The highest BCUT2D eigenvalue weighted by Crippen LogP contribution is 2.43. The summed E-state index contributed by atoms with van der Waals surface area (Å²) in [6.07, 6.45) is 3.92. The summed E-state index contributed by atoms with van der Waals surface area (Å²) in [5, 5.41) is 17.1. The first kappa shape index (κ1) is 27.4. The normalized spacial score (nSPS) is 23.6. The first-order valence-corrected chi connectivity index (χ1v) is 12.3. The number of rotatable bonds is 6. The van der Waals surface area contributed by atoms with Crippen LogP contribution in [0.25, 0.3) is 0 Å². The SMILES string of the molecule is CCC1=NOC2(CCC(C)N(C)CC2n2cc(C(=O)NCc3c(F)cc(F)cc3F)c(=O)c(O)c2C=O)C1. The minimum absolute atomic E-state index is 0.155. The van der Waals surface area contributed by atoms with Gasteiger partial charge in [-0.3, -0.25) is 14.4 Å². The number of amides is 1. The highest BCUT2D eigenvalue weighted by atomic mass is 19.1. The summed E-state index contributed by atoms with van der Waals surface area (Å²) in [6, 6.07) is 0.469. The number of carbonyl (C=O) groups excluding carboxylic acids is 2. The van der Waals surface area contributed by atoms with Crippen molar-refractivity contribution < 1.29 is 32.7 Å². The number of benzene rings is 1. The fraction of sp³-hybridized carbons (Fsp3) is 0.462.